The summed E-state index contributed by atoms with van der Waals surface area (Å²) in [5, 5.41) is 2.62. The first-order chi connectivity index (χ1) is 18.2. The average molecular weight is 538 g/mol. The van der Waals surface area contributed by atoms with Gasteiger partial charge in [-0.15, -0.1) is 0 Å². The van der Waals surface area contributed by atoms with Crippen molar-refractivity contribution < 1.29 is 22.7 Å². The molecule has 8 nitrogen and oxygen atoms in total. The first-order valence-electron chi connectivity index (χ1n) is 12.6. The predicted octanol–water partition coefficient (Wildman–Crippen LogP) is 4.14. The molecule has 2 amide bonds. The van der Waals surface area contributed by atoms with Gasteiger partial charge in [0, 0.05) is 13.6 Å². The number of nitrogens with one attached hydrogen (secondary N) is 1. The molecule has 1 unspecified atom stereocenters. The smallest absolute Gasteiger partial charge is 0.264 e. The lowest BCUT2D eigenvalue weighted by Gasteiger charge is -2.33. The van der Waals surface area contributed by atoms with Crippen LogP contribution in [0.5, 0.6) is 5.75 Å². The summed E-state index contributed by atoms with van der Waals surface area (Å²) in [6.07, 6.45) is 0.369. The van der Waals surface area contributed by atoms with Gasteiger partial charge in [0.15, 0.2) is 0 Å². The molecular formula is C29H35N3O5S. The fraction of sp³-hybridized carbons (Fsp3) is 0.310. The van der Waals surface area contributed by atoms with Gasteiger partial charge in [-0.1, -0.05) is 55.0 Å². The minimum Gasteiger partial charge on any atom is -0.494 e. The number of likely N-dealkylation sites (N-methyl/N-ethyl adjacent to an activating group) is 1. The van der Waals surface area contributed by atoms with Crippen molar-refractivity contribution >= 4 is 27.5 Å². The maximum atomic E-state index is 13.9. The Labute approximate surface area is 225 Å². The summed E-state index contributed by atoms with van der Waals surface area (Å²) in [5.41, 5.74) is 2.14. The number of sulfonamides is 1. The molecule has 0 radical (unpaired) electrons. The molecule has 3 aromatic carbocycles. The Morgan fingerprint density at radius 2 is 1.55 bits per heavy atom. The SMILES string of the molecule is CCOc1ccc(S(=O)(=O)N(CC(=O)N(Cc2ccccc2)C(CC)C(=O)NC)c2ccc(C)cc2)cc1. The van der Waals surface area contributed by atoms with Gasteiger partial charge in [-0.3, -0.25) is 13.9 Å². The van der Waals surface area contributed by atoms with Crippen molar-refractivity contribution in [3.05, 3.63) is 90.0 Å². The number of hydrogen-bond acceptors (Lipinski definition) is 5. The largest absolute Gasteiger partial charge is 0.494 e. The van der Waals surface area contributed by atoms with Gasteiger partial charge < -0.3 is 15.0 Å². The molecule has 0 aliphatic rings. The Bertz CT molecular complexity index is 1310. The summed E-state index contributed by atoms with van der Waals surface area (Å²) in [5.74, 6) is -0.248. The van der Waals surface area contributed by atoms with E-state index in [1.807, 2.05) is 51.1 Å². The number of ether oxygens (including phenoxy) is 1. The van der Waals surface area contributed by atoms with Gasteiger partial charge >= 0.3 is 0 Å². The van der Waals surface area contributed by atoms with E-state index in [1.54, 1.807) is 36.4 Å². The maximum Gasteiger partial charge on any atom is 0.264 e. The second-order valence-corrected chi connectivity index (χ2v) is 10.7. The van der Waals surface area contributed by atoms with Gasteiger partial charge in [0.1, 0.15) is 18.3 Å². The minimum atomic E-state index is -4.13. The van der Waals surface area contributed by atoms with Crippen molar-refractivity contribution in [2.24, 2.45) is 0 Å². The van der Waals surface area contributed by atoms with E-state index in [1.165, 1.54) is 24.1 Å². The van der Waals surface area contributed by atoms with E-state index in [-0.39, 0.29) is 17.3 Å². The van der Waals surface area contributed by atoms with Gasteiger partial charge in [-0.25, -0.2) is 8.42 Å². The van der Waals surface area contributed by atoms with Crippen molar-refractivity contribution in [2.45, 2.75) is 44.7 Å². The third-order valence-corrected chi connectivity index (χ3v) is 7.94. The Balaban J connectivity index is 2.03. The maximum absolute atomic E-state index is 13.9. The van der Waals surface area contributed by atoms with Crippen LogP contribution in [0, 0.1) is 6.92 Å². The van der Waals surface area contributed by atoms with E-state index >= 15 is 0 Å². The van der Waals surface area contributed by atoms with Gasteiger partial charge in [0.25, 0.3) is 10.0 Å². The Hall–Kier alpha value is -3.85. The van der Waals surface area contributed by atoms with E-state index in [0.717, 1.165) is 15.4 Å². The lowest BCUT2D eigenvalue weighted by molar-refractivity contribution is -0.140. The second-order valence-electron chi connectivity index (χ2n) is 8.80. The number of benzene rings is 3. The molecule has 0 bridgehead atoms. The summed E-state index contributed by atoms with van der Waals surface area (Å²) in [7, 11) is -2.61. The van der Waals surface area contributed by atoms with Crippen LogP contribution in [-0.4, -0.2) is 51.4 Å². The third-order valence-electron chi connectivity index (χ3n) is 6.15. The molecular weight excluding hydrogens is 502 g/mol. The van der Waals surface area contributed by atoms with Crippen molar-refractivity contribution in [3.8, 4) is 5.75 Å². The monoisotopic (exact) mass is 537 g/mol. The molecule has 3 rings (SSSR count). The van der Waals surface area contributed by atoms with E-state index < -0.39 is 28.5 Å². The lowest BCUT2D eigenvalue weighted by atomic mass is 10.1. The predicted molar refractivity (Wildman–Crippen MR) is 148 cm³/mol. The molecule has 3 aromatic rings. The molecule has 9 heteroatoms. The highest BCUT2D eigenvalue weighted by Crippen LogP contribution is 2.26. The van der Waals surface area contributed by atoms with Crippen LogP contribution >= 0.6 is 0 Å². The first kappa shape index (κ1) is 28.7. The molecule has 0 aliphatic carbocycles. The van der Waals surface area contributed by atoms with Crippen molar-refractivity contribution in [2.75, 3.05) is 24.5 Å². The number of carbonyl (C=O) groups is 2. The third kappa shape index (κ3) is 6.92. The second kappa shape index (κ2) is 13.1. The zero-order valence-electron chi connectivity index (χ0n) is 22.3. The molecule has 0 heterocycles. The zero-order valence-corrected chi connectivity index (χ0v) is 23.1. The fourth-order valence-corrected chi connectivity index (χ4v) is 5.52. The van der Waals surface area contributed by atoms with Crippen molar-refractivity contribution in [1.29, 1.82) is 0 Å². The van der Waals surface area contributed by atoms with Crippen molar-refractivity contribution in [1.82, 2.24) is 10.2 Å². The number of rotatable bonds is 12. The number of anilines is 1. The summed E-state index contributed by atoms with van der Waals surface area (Å²) in [4.78, 5) is 28.1. The van der Waals surface area contributed by atoms with E-state index in [2.05, 4.69) is 5.32 Å². The van der Waals surface area contributed by atoms with Crippen LogP contribution < -0.4 is 14.4 Å². The number of carbonyl (C=O) groups excluding carboxylic acids is 2. The Morgan fingerprint density at radius 3 is 2.11 bits per heavy atom. The summed E-state index contributed by atoms with van der Waals surface area (Å²) < 4.78 is 34.3. The Morgan fingerprint density at radius 1 is 0.921 bits per heavy atom. The van der Waals surface area contributed by atoms with Gasteiger partial charge in [-0.05, 0) is 62.2 Å². The topological polar surface area (TPSA) is 96.0 Å². The van der Waals surface area contributed by atoms with Gasteiger partial charge in [-0.2, -0.15) is 0 Å². The molecule has 0 fully saturated rings. The van der Waals surface area contributed by atoms with E-state index in [0.29, 0.717) is 24.5 Å². The highest BCUT2D eigenvalue weighted by Gasteiger charge is 2.33. The van der Waals surface area contributed by atoms with Crippen LogP contribution in [0.2, 0.25) is 0 Å². The number of hydrogen-bond donors (Lipinski definition) is 1. The highest BCUT2D eigenvalue weighted by atomic mass is 32.2. The van der Waals surface area contributed by atoms with Crippen LogP contribution in [0.25, 0.3) is 0 Å². The quantitative estimate of drug-likeness (QED) is 0.375. The first-order valence-corrected chi connectivity index (χ1v) is 14.0. The van der Waals surface area contributed by atoms with Crippen LogP contribution in [0.1, 0.15) is 31.4 Å². The fourth-order valence-electron chi connectivity index (χ4n) is 4.11. The highest BCUT2D eigenvalue weighted by molar-refractivity contribution is 7.92. The number of aryl methyl sites for hydroxylation is 1. The lowest BCUT2D eigenvalue weighted by Crippen LogP contribution is -2.51. The van der Waals surface area contributed by atoms with E-state index in [9.17, 15) is 18.0 Å². The standard InChI is InChI=1S/C29H35N3O5S/c1-5-27(29(34)30-4)31(20-23-10-8-7-9-11-23)28(33)21-32(24-14-12-22(3)13-15-24)38(35,36)26-18-16-25(17-19-26)37-6-2/h7-19,27H,5-6,20-21H2,1-4H3,(H,30,34). The number of nitrogens with zero attached hydrogens (tertiary/aromatic N) is 2. The Kier molecular flexibility index (Phi) is 9.90. The van der Waals surface area contributed by atoms with Gasteiger partial charge in [0.05, 0.1) is 17.2 Å². The molecule has 0 aliphatic heterocycles. The molecule has 1 N–H and O–H groups in total. The average Bonchev–Trinajstić information content (AvgIpc) is 2.93. The molecule has 38 heavy (non-hydrogen) atoms. The van der Waals surface area contributed by atoms with Gasteiger partial charge in [0.2, 0.25) is 11.8 Å². The summed E-state index contributed by atoms with van der Waals surface area (Å²) in [6, 6.07) is 21.6. The molecule has 0 saturated heterocycles. The van der Waals surface area contributed by atoms with Crippen LogP contribution in [0.4, 0.5) is 5.69 Å². The summed E-state index contributed by atoms with van der Waals surface area (Å²) in [6.45, 7) is 5.71. The van der Waals surface area contributed by atoms with Crippen LogP contribution in [0.15, 0.2) is 83.8 Å². The molecule has 0 saturated carbocycles. The molecule has 0 spiro atoms. The van der Waals surface area contributed by atoms with Crippen molar-refractivity contribution in [3.63, 3.8) is 0 Å². The van der Waals surface area contributed by atoms with Crippen LogP contribution in [-0.2, 0) is 26.2 Å². The number of amides is 2. The minimum absolute atomic E-state index is 0.0299. The van der Waals surface area contributed by atoms with Crippen LogP contribution in [0.3, 0.4) is 0 Å². The zero-order chi connectivity index (χ0) is 27.7. The summed E-state index contributed by atoms with van der Waals surface area (Å²) >= 11 is 0. The normalized spacial score (nSPS) is 11.9. The molecule has 1 atom stereocenters. The molecule has 202 valence electrons. The van der Waals surface area contributed by atoms with E-state index in [4.69, 9.17) is 4.74 Å². The molecule has 0 aromatic heterocycles.